The van der Waals surface area contributed by atoms with Crippen LogP contribution in [0.4, 0.5) is 5.69 Å². The number of ether oxygens (including phenoxy) is 1. The van der Waals surface area contributed by atoms with E-state index in [0.29, 0.717) is 29.9 Å². The fourth-order valence-electron chi connectivity index (χ4n) is 2.94. The number of para-hydroxylation sites is 1. The average Bonchev–Trinajstić information content (AvgIpc) is 3.06. The van der Waals surface area contributed by atoms with Crippen molar-refractivity contribution in [2.75, 3.05) is 11.9 Å². The van der Waals surface area contributed by atoms with Crippen LogP contribution in [0.25, 0.3) is 11.5 Å². The van der Waals surface area contributed by atoms with Crippen molar-refractivity contribution in [2.45, 2.75) is 52.6 Å². The molecule has 25 heavy (non-hydrogen) atoms. The molecule has 1 fully saturated rings. The van der Waals surface area contributed by atoms with Crippen molar-refractivity contribution in [2.24, 2.45) is 5.92 Å². The average molecular weight is 343 g/mol. The van der Waals surface area contributed by atoms with Crippen LogP contribution in [0.3, 0.4) is 0 Å². The van der Waals surface area contributed by atoms with E-state index in [-0.39, 0.29) is 11.8 Å². The summed E-state index contributed by atoms with van der Waals surface area (Å²) in [6.07, 6.45) is 1.33. The molecule has 1 N–H and O–H groups in total. The zero-order chi connectivity index (χ0) is 18.0. The van der Waals surface area contributed by atoms with Gasteiger partial charge in [0.1, 0.15) is 6.10 Å². The van der Waals surface area contributed by atoms with Gasteiger partial charge < -0.3 is 14.6 Å². The second-order valence-electron chi connectivity index (χ2n) is 7.09. The molecule has 1 aliphatic heterocycles. The highest BCUT2D eigenvalue weighted by atomic mass is 16.5. The van der Waals surface area contributed by atoms with Crippen molar-refractivity contribution in [1.29, 1.82) is 0 Å². The summed E-state index contributed by atoms with van der Waals surface area (Å²) < 4.78 is 11.0. The van der Waals surface area contributed by atoms with Gasteiger partial charge in [0, 0.05) is 12.5 Å². The largest absolute Gasteiger partial charge is 0.368 e. The van der Waals surface area contributed by atoms with Crippen molar-refractivity contribution in [3.05, 3.63) is 29.6 Å². The van der Waals surface area contributed by atoms with E-state index in [1.165, 1.54) is 0 Å². The third kappa shape index (κ3) is 3.90. The van der Waals surface area contributed by atoms with Gasteiger partial charge in [-0.25, -0.2) is 0 Å². The summed E-state index contributed by atoms with van der Waals surface area (Å²) in [5.41, 5.74) is 2.38. The Labute approximate surface area is 148 Å². The van der Waals surface area contributed by atoms with Gasteiger partial charge in [-0.3, -0.25) is 4.79 Å². The number of hydrogen-bond donors (Lipinski definition) is 1. The zero-order valence-corrected chi connectivity index (χ0v) is 15.2. The van der Waals surface area contributed by atoms with E-state index in [1.54, 1.807) is 0 Å². The van der Waals surface area contributed by atoms with E-state index in [2.05, 4.69) is 22.4 Å². The Kier molecular flexibility index (Phi) is 5.18. The van der Waals surface area contributed by atoms with Crippen LogP contribution in [0.2, 0.25) is 0 Å². The molecule has 1 saturated heterocycles. The van der Waals surface area contributed by atoms with Crippen LogP contribution in [0, 0.1) is 12.8 Å². The van der Waals surface area contributed by atoms with E-state index in [1.807, 2.05) is 39.0 Å². The van der Waals surface area contributed by atoms with Crippen LogP contribution in [-0.4, -0.2) is 28.8 Å². The first kappa shape index (κ1) is 17.6. The van der Waals surface area contributed by atoms with Crippen LogP contribution in [-0.2, 0) is 9.53 Å². The van der Waals surface area contributed by atoms with Gasteiger partial charge in [0.15, 0.2) is 5.82 Å². The van der Waals surface area contributed by atoms with Gasteiger partial charge in [-0.15, -0.1) is 0 Å². The molecule has 2 atom stereocenters. The molecule has 0 spiro atoms. The second-order valence-corrected chi connectivity index (χ2v) is 7.09. The van der Waals surface area contributed by atoms with Gasteiger partial charge in [-0.05, 0) is 37.3 Å². The molecule has 0 unspecified atom stereocenters. The number of amides is 1. The van der Waals surface area contributed by atoms with Crippen molar-refractivity contribution in [3.8, 4) is 11.5 Å². The van der Waals surface area contributed by atoms with Crippen LogP contribution in [0.5, 0.6) is 0 Å². The molecule has 1 amide bonds. The normalized spacial score (nSPS) is 20.7. The maximum Gasteiger partial charge on any atom is 0.260 e. The van der Waals surface area contributed by atoms with Crippen molar-refractivity contribution in [3.63, 3.8) is 0 Å². The predicted molar refractivity (Wildman–Crippen MR) is 95.3 cm³/mol. The molecule has 0 bridgehead atoms. The first-order valence-electron chi connectivity index (χ1n) is 8.81. The Morgan fingerprint density at radius 1 is 1.36 bits per heavy atom. The zero-order valence-electron chi connectivity index (χ0n) is 15.2. The van der Waals surface area contributed by atoms with E-state index >= 15 is 0 Å². The summed E-state index contributed by atoms with van der Waals surface area (Å²) in [6.45, 7) is 8.74. The summed E-state index contributed by atoms with van der Waals surface area (Å²) in [4.78, 5) is 17.1. The lowest BCUT2D eigenvalue weighted by Crippen LogP contribution is -2.36. The quantitative estimate of drug-likeness (QED) is 0.910. The summed E-state index contributed by atoms with van der Waals surface area (Å²) in [6, 6.07) is 5.74. The fraction of sp³-hybridized carbons (Fsp3) is 0.526. The number of carbonyl (C=O) groups is 1. The Morgan fingerprint density at radius 2 is 2.16 bits per heavy atom. The minimum absolute atomic E-state index is 0.120. The molecule has 6 nitrogen and oxygen atoms in total. The van der Waals surface area contributed by atoms with Gasteiger partial charge in [0.2, 0.25) is 0 Å². The Morgan fingerprint density at radius 3 is 2.84 bits per heavy atom. The summed E-state index contributed by atoms with van der Waals surface area (Å²) in [5.74, 6) is 1.62. The number of nitrogens with zero attached hydrogens (tertiary/aromatic N) is 2. The SMILES string of the molecule is Cc1cccc(-c2nc(C(C)C)no2)c1NC(=O)[C@@H]1C[C@@H](C)CCO1. The highest BCUT2D eigenvalue weighted by Crippen LogP contribution is 2.31. The number of nitrogens with one attached hydrogen (secondary N) is 1. The first-order valence-corrected chi connectivity index (χ1v) is 8.81. The Bertz CT molecular complexity index is 754. The Hall–Kier alpha value is -2.21. The number of carbonyl (C=O) groups excluding carboxylic acids is 1. The topological polar surface area (TPSA) is 77.3 Å². The molecule has 1 aromatic carbocycles. The van der Waals surface area contributed by atoms with Crippen molar-refractivity contribution >= 4 is 11.6 Å². The van der Waals surface area contributed by atoms with Crippen molar-refractivity contribution < 1.29 is 14.1 Å². The molecule has 0 aliphatic carbocycles. The molecule has 0 saturated carbocycles. The number of aryl methyl sites for hydroxylation is 1. The lowest BCUT2D eigenvalue weighted by atomic mass is 9.97. The number of hydrogen-bond acceptors (Lipinski definition) is 5. The van der Waals surface area contributed by atoms with Gasteiger partial charge in [-0.1, -0.05) is 38.1 Å². The minimum Gasteiger partial charge on any atom is -0.368 e. The van der Waals surface area contributed by atoms with Crippen LogP contribution in [0.1, 0.15) is 50.9 Å². The van der Waals surface area contributed by atoms with Crippen LogP contribution < -0.4 is 5.32 Å². The van der Waals surface area contributed by atoms with Gasteiger partial charge in [0.05, 0.1) is 11.3 Å². The number of rotatable bonds is 4. The maximum absolute atomic E-state index is 12.7. The first-order chi connectivity index (χ1) is 12.0. The highest BCUT2D eigenvalue weighted by molar-refractivity contribution is 5.98. The smallest absolute Gasteiger partial charge is 0.260 e. The molecular formula is C19H25N3O3. The molecule has 2 heterocycles. The molecule has 0 radical (unpaired) electrons. The van der Waals surface area contributed by atoms with E-state index in [0.717, 1.165) is 24.0 Å². The molecule has 3 rings (SSSR count). The summed E-state index contributed by atoms with van der Waals surface area (Å²) in [5, 5.41) is 7.03. The molecular weight excluding hydrogens is 318 g/mol. The third-order valence-electron chi connectivity index (χ3n) is 4.55. The van der Waals surface area contributed by atoms with E-state index in [9.17, 15) is 4.79 Å². The molecule has 6 heteroatoms. The lowest BCUT2D eigenvalue weighted by Gasteiger charge is -2.26. The highest BCUT2D eigenvalue weighted by Gasteiger charge is 2.27. The molecule has 1 aliphatic rings. The van der Waals surface area contributed by atoms with Gasteiger partial charge in [-0.2, -0.15) is 4.98 Å². The molecule has 1 aromatic heterocycles. The van der Waals surface area contributed by atoms with Gasteiger partial charge in [0.25, 0.3) is 11.8 Å². The molecule has 2 aromatic rings. The number of aromatic nitrogens is 2. The fourth-order valence-corrected chi connectivity index (χ4v) is 2.94. The van der Waals surface area contributed by atoms with E-state index < -0.39 is 6.10 Å². The number of benzene rings is 1. The van der Waals surface area contributed by atoms with E-state index in [4.69, 9.17) is 9.26 Å². The summed E-state index contributed by atoms with van der Waals surface area (Å²) in [7, 11) is 0. The minimum atomic E-state index is -0.412. The molecule has 134 valence electrons. The Balaban J connectivity index is 1.86. The lowest BCUT2D eigenvalue weighted by molar-refractivity contribution is -0.131. The maximum atomic E-state index is 12.7. The van der Waals surface area contributed by atoms with Crippen LogP contribution >= 0.6 is 0 Å². The standard InChI is InChI=1S/C19H25N3O3/c1-11(2)17-21-19(25-22-17)14-7-5-6-13(4)16(14)20-18(23)15-10-12(3)8-9-24-15/h5-7,11-12,15H,8-10H2,1-4H3,(H,20,23)/t12-,15-/m0/s1. The number of anilines is 1. The predicted octanol–water partition coefficient (Wildman–Crippen LogP) is 3.92. The van der Waals surface area contributed by atoms with Crippen LogP contribution in [0.15, 0.2) is 22.7 Å². The third-order valence-corrected chi connectivity index (χ3v) is 4.55. The second kappa shape index (κ2) is 7.35. The van der Waals surface area contributed by atoms with Crippen molar-refractivity contribution in [1.82, 2.24) is 10.1 Å². The van der Waals surface area contributed by atoms with Gasteiger partial charge >= 0.3 is 0 Å². The summed E-state index contributed by atoms with van der Waals surface area (Å²) >= 11 is 0. The monoisotopic (exact) mass is 343 g/mol.